The van der Waals surface area contributed by atoms with Gasteiger partial charge in [-0.25, -0.2) is 0 Å². The molecule has 102 valence electrons. The third-order valence-electron chi connectivity index (χ3n) is 2.67. The zero-order valence-electron chi connectivity index (χ0n) is 10.5. The number of nitrogens with zero attached hydrogens (tertiary/aromatic N) is 1. The van der Waals surface area contributed by atoms with Crippen molar-refractivity contribution in [1.29, 1.82) is 0 Å². The second-order valence-corrected chi connectivity index (χ2v) is 4.55. The molecule has 0 fully saturated rings. The maximum absolute atomic E-state index is 10.9. The molecule has 0 unspecified atom stereocenters. The molecule has 6 heteroatoms. The second kappa shape index (κ2) is 5.71. The van der Waals surface area contributed by atoms with Gasteiger partial charge in [0.2, 0.25) is 5.75 Å². The van der Waals surface area contributed by atoms with Crippen LogP contribution in [-0.4, -0.2) is 11.2 Å². The van der Waals surface area contributed by atoms with Crippen LogP contribution in [0, 0.1) is 17.0 Å². The number of rotatable bonds is 4. The highest BCUT2D eigenvalue weighted by molar-refractivity contribution is 6.30. The summed E-state index contributed by atoms with van der Waals surface area (Å²) in [5, 5.41) is 11.3. The molecule has 2 rings (SSSR count). The van der Waals surface area contributed by atoms with E-state index in [-0.39, 0.29) is 11.4 Å². The number of carbonyl (C=O) groups is 1. The van der Waals surface area contributed by atoms with Crippen LogP contribution in [0.25, 0.3) is 0 Å². The minimum Gasteiger partial charge on any atom is -0.450 e. The van der Waals surface area contributed by atoms with E-state index in [1.165, 1.54) is 18.2 Å². The van der Waals surface area contributed by atoms with Gasteiger partial charge in [0.05, 0.1) is 4.92 Å². The Bertz CT molecular complexity index is 685. The molecule has 5 nitrogen and oxygen atoms in total. The molecule has 20 heavy (non-hydrogen) atoms. The molecule has 0 saturated carbocycles. The van der Waals surface area contributed by atoms with Gasteiger partial charge in [-0.05, 0) is 36.8 Å². The quantitative estimate of drug-likeness (QED) is 0.482. The van der Waals surface area contributed by atoms with Crippen molar-refractivity contribution in [3.8, 4) is 11.5 Å². The maximum Gasteiger partial charge on any atom is 0.311 e. The standard InChI is InChI=1S/C14H10ClNO4/c1-9-6-10(8-17)2-5-13(9)20-14-7-11(15)3-4-12(14)16(18)19/h2-8H,1H3. The van der Waals surface area contributed by atoms with Gasteiger partial charge in [-0.3, -0.25) is 14.9 Å². The largest absolute Gasteiger partial charge is 0.450 e. The van der Waals surface area contributed by atoms with Crippen LogP contribution in [0.15, 0.2) is 36.4 Å². The molecule has 0 aliphatic carbocycles. The van der Waals surface area contributed by atoms with Crippen LogP contribution >= 0.6 is 11.6 Å². The van der Waals surface area contributed by atoms with Gasteiger partial charge in [0.15, 0.2) is 0 Å². The first-order valence-electron chi connectivity index (χ1n) is 5.69. The van der Waals surface area contributed by atoms with Crippen LogP contribution in [0.1, 0.15) is 15.9 Å². The van der Waals surface area contributed by atoms with Gasteiger partial charge in [0.25, 0.3) is 0 Å². The van der Waals surface area contributed by atoms with Gasteiger partial charge < -0.3 is 4.74 Å². The molecular formula is C14H10ClNO4. The van der Waals surface area contributed by atoms with Crippen molar-refractivity contribution in [2.45, 2.75) is 6.92 Å². The van der Waals surface area contributed by atoms with E-state index >= 15 is 0 Å². The van der Waals surface area contributed by atoms with Crippen molar-refractivity contribution in [3.05, 3.63) is 62.7 Å². The van der Waals surface area contributed by atoms with Crippen LogP contribution in [0.3, 0.4) is 0 Å². The van der Waals surface area contributed by atoms with E-state index in [2.05, 4.69) is 0 Å². The summed E-state index contributed by atoms with van der Waals surface area (Å²) in [7, 11) is 0. The molecule has 0 aliphatic rings. The summed E-state index contributed by atoms with van der Waals surface area (Å²) < 4.78 is 5.54. The lowest BCUT2D eigenvalue weighted by Crippen LogP contribution is -1.95. The highest BCUT2D eigenvalue weighted by Crippen LogP contribution is 2.34. The van der Waals surface area contributed by atoms with Gasteiger partial charge in [0, 0.05) is 22.7 Å². The van der Waals surface area contributed by atoms with Crippen molar-refractivity contribution in [3.63, 3.8) is 0 Å². The summed E-state index contributed by atoms with van der Waals surface area (Å²) in [6.07, 6.45) is 0.721. The average molecular weight is 292 g/mol. The Hall–Kier alpha value is -2.40. The highest BCUT2D eigenvalue weighted by atomic mass is 35.5. The number of ether oxygens (including phenoxy) is 1. The molecule has 0 N–H and O–H groups in total. The van der Waals surface area contributed by atoms with Crippen LogP contribution in [0.5, 0.6) is 11.5 Å². The first-order chi connectivity index (χ1) is 9.51. The van der Waals surface area contributed by atoms with Crippen LogP contribution in [0.4, 0.5) is 5.69 Å². The van der Waals surface area contributed by atoms with Crippen molar-refractivity contribution < 1.29 is 14.5 Å². The highest BCUT2D eigenvalue weighted by Gasteiger charge is 2.17. The summed E-state index contributed by atoms with van der Waals surface area (Å²) in [6.45, 7) is 1.75. The summed E-state index contributed by atoms with van der Waals surface area (Å²) in [6, 6.07) is 8.89. The Morgan fingerprint density at radius 1 is 1.20 bits per heavy atom. The minimum atomic E-state index is -0.541. The van der Waals surface area contributed by atoms with E-state index in [1.54, 1.807) is 25.1 Å². The maximum atomic E-state index is 10.9. The summed E-state index contributed by atoms with van der Waals surface area (Å²) in [5.74, 6) is 0.491. The van der Waals surface area contributed by atoms with Crippen molar-refractivity contribution >= 4 is 23.6 Å². The Kier molecular flexibility index (Phi) is 4.00. The third-order valence-corrected chi connectivity index (χ3v) is 2.91. The second-order valence-electron chi connectivity index (χ2n) is 4.11. The van der Waals surface area contributed by atoms with E-state index in [9.17, 15) is 14.9 Å². The predicted octanol–water partition coefficient (Wildman–Crippen LogP) is 4.16. The molecule has 0 heterocycles. The van der Waals surface area contributed by atoms with E-state index in [1.807, 2.05) is 0 Å². The zero-order chi connectivity index (χ0) is 14.7. The molecule has 0 amide bonds. The Balaban J connectivity index is 2.41. The smallest absolute Gasteiger partial charge is 0.311 e. The lowest BCUT2D eigenvalue weighted by Gasteiger charge is -2.09. The fourth-order valence-electron chi connectivity index (χ4n) is 1.70. The Morgan fingerprint density at radius 3 is 2.55 bits per heavy atom. The number of benzene rings is 2. The first kappa shape index (κ1) is 14.0. The van der Waals surface area contributed by atoms with Crippen molar-refractivity contribution in [1.82, 2.24) is 0 Å². The summed E-state index contributed by atoms with van der Waals surface area (Å²) in [5.41, 5.74) is 1.03. The monoisotopic (exact) mass is 291 g/mol. The number of nitro groups is 1. The van der Waals surface area contributed by atoms with Crippen molar-refractivity contribution in [2.24, 2.45) is 0 Å². The van der Waals surface area contributed by atoms with Gasteiger partial charge in [-0.15, -0.1) is 0 Å². The number of hydrogen-bond donors (Lipinski definition) is 0. The van der Waals surface area contributed by atoms with Crippen molar-refractivity contribution in [2.75, 3.05) is 0 Å². The van der Waals surface area contributed by atoms with E-state index < -0.39 is 4.92 Å². The third kappa shape index (κ3) is 2.95. The molecule has 0 spiro atoms. The van der Waals surface area contributed by atoms with E-state index in [0.717, 1.165) is 6.29 Å². The lowest BCUT2D eigenvalue weighted by molar-refractivity contribution is -0.385. The molecule has 0 atom stereocenters. The molecular weight excluding hydrogens is 282 g/mol. The first-order valence-corrected chi connectivity index (χ1v) is 6.06. The molecule has 0 aromatic heterocycles. The number of carbonyl (C=O) groups excluding carboxylic acids is 1. The molecule has 0 aliphatic heterocycles. The van der Waals surface area contributed by atoms with Gasteiger partial charge in [-0.2, -0.15) is 0 Å². The average Bonchev–Trinajstić information content (AvgIpc) is 2.40. The van der Waals surface area contributed by atoms with Gasteiger partial charge in [0.1, 0.15) is 12.0 Å². The fourth-order valence-corrected chi connectivity index (χ4v) is 1.86. The normalized spacial score (nSPS) is 10.1. The summed E-state index contributed by atoms with van der Waals surface area (Å²) >= 11 is 5.83. The van der Waals surface area contributed by atoms with Gasteiger partial charge in [-0.1, -0.05) is 11.6 Å². The number of aldehydes is 1. The predicted molar refractivity (Wildman–Crippen MR) is 74.7 cm³/mol. The number of aryl methyl sites for hydroxylation is 1. The van der Waals surface area contributed by atoms with Crippen LogP contribution in [-0.2, 0) is 0 Å². The fraction of sp³-hybridized carbons (Fsp3) is 0.0714. The molecule has 0 bridgehead atoms. The molecule has 0 radical (unpaired) electrons. The van der Waals surface area contributed by atoms with E-state index in [4.69, 9.17) is 16.3 Å². The lowest BCUT2D eigenvalue weighted by atomic mass is 10.1. The van der Waals surface area contributed by atoms with Gasteiger partial charge >= 0.3 is 5.69 Å². The molecule has 2 aromatic rings. The summed E-state index contributed by atoms with van der Waals surface area (Å²) in [4.78, 5) is 21.1. The molecule has 2 aromatic carbocycles. The topological polar surface area (TPSA) is 69.4 Å². The minimum absolute atomic E-state index is 0.0597. The Labute approximate surface area is 119 Å². The number of halogens is 1. The van der Waals surface area contributed by atoms with Crippen LogP contribution in [0.2, 0.25) is 5.02 Å². The molecule has 0 saturated heterocycles. The zero-order valence-corrected chi connectivity index (χ0v) is 11.3. The van der Waals surface area contributed by atoms with Crippen LogP contribution < -0.4 is 4.74 Å². The number of hydrogen-bond acceptors (Lipinski definition) is 4. The number of nitro benzene ring substituents is 1. The SMILES string of the molecule is Cc1cc(C=O)ccc1Oc1cc(Cl)ccc1[N+](=O)[O-]. The van der Waals surface area contributed by atoms with E-state index in [0.29, 0.717) is 21.9 Å². The Morgan fingerprint density at radius 2 is 1.95 bits per heavy atom.